The lowest BCUT2D eigenvalue weighted by Gasteiger charge is -1.48. The molecule has 0 aliphatic heterocycles. The summed E-state index contributed by atoms with van der Waals surface area (Å²) in [5.41, 5.74) is 0. The molecule has 982 valence electrons. The van der Waals surface area contributed by atoms with E-state index in [0.717, 1.165) is 0 Å². The van der Waals surface area contributed by atoms with Gasteiger partial charge in [0.15, 0.2) is 0 Å². The van der Waals surface area contributed by atoms with Gasteiger partial charge in [0.2, 0.25) is 0 Å². The molecule has 0 N–H and O–H groups in total. The highest BCUT2D eigenvalue weighted by molar-refractivity contribution is 4.23. The largest absolute Gasteiger partial charge is 0.106 e. The van der Waals surface area contributed by atoms with Gasteiger partial charge in [-0.05, 0) is 0 Å². The van der Waals surface area contributed by atoms with Crippen LogP contribution in [-0.2, 0) is 0 Å². The van der Waals surface area contributed by atoms with Crippen molar-refractivity contribution in [2.45, 2.75) is 899 Å². The summed E-state index contributed by atoms with van der Waals surface area (Å²) in [5, 5.41) is 0. The van der Waals surface area contributed by atoms with E-state index in [0.29, 0.717) is 0 Å². The lowest BCUT2D eigenvalue weighted by Crippen LogP contribution is -1.27. The summed E-state index contributed by atoms with van der Waals surface area (Å²) in [6, 6.07) is 0. The lowest BCUT2D eigenvalue weighted by atomic mass is 10.6. The Labute approximate surface area is 959 Å². The fourth-order valence-electron chi connectivity index (χ4n) is 0. The first kappa shape index (κ1) is 841. The Morgan fingerprint density at radius 2 is 0.0580 bits per heavy atom. The zero-order valence-corrected chi connectivity index (χ0v) is 108. The minimum atomic E-state index is 0. The molecule has 0 aromatic heterocycles. The molecule has 138 heavy (non-hydrogen) atoms. The summed E-state index contributed by atoms with van der Waals surface area (Å²) >= 11 is 0. The van der Waals surface area contributed by atoms with Gasteiger partial charge in [0.25, 0.3) is 0 Å². The smallest absolute Gasteiger partial charge is 0.0590 e. The molecule has 0 heterocycles. The van der Waals surface area contributed by atoms with Crippen molar-refractivity contribution in [2.75, 3.05) is 0 Å². The summed E-state index contributed by atoms with van der Waals surface area (Å²) < 4.78 is 0. The Balaban J connectivity index is -0.00000000288. The Morgan fingerprint density at radius 3 is 0.0580 bits per heavy atom. The molecule has 0 aliphatic rings. The molecule has 0 saturated heterocycles. The second-order valence-electron chi connectivity index (χ2n) is 0.707. The third-order valence-electron chi connectivity index (χ3n) is 0. The maximum Gasteiger partial charge on any atom is -0.0590 e. The zero-order valence-electron chi connectivity index (χ0n) is 108. The molecule has 0 aliphatic carbocycles. The average molecular weight is 2090 g/mol. The first-order valence-corrected chi connectivity index (χ1v) is 52.9. The molecule has 0 nitrogen and oxygen atoms in total. The monoisotopic (exact) mass is 2090 g/mol. The van der Waals surface area contributed by atoms with Crippen LogP contribution in [0.25, 0.3) is 0 Å². The fourth-order valence-corrected chi connectivity index (χ4v) is 0. The third-order valence-corrected chi connectivity index (χ3v) is 0. The van der Waals surface area contributed by atoms with E-state index in [9.17, 15) is 0 Å². The number of rotatable bonds is 0. The summed E-state index contributed by atoms with van der Waals surface area (Å²) in [4.78, 5) is 0. The van der Waals surface area contributed by atoms with Crippen molar-refractivity contribution < 1.29 is 0 Å². The maximum absolute atomic E-state index is 3.00. The first-order chi connectivity index (χ1) is 55.4. The second-order valence-corrected chi connectivity index (χ2v) is 0.707. The highest BCUT2D eigenvalue weighted by Gasteiger charge is 1.35. The van der Waals surface area contributed by atoms with Crippen LogP contribution in [0.2, 0.25) is 0 Å². The average Bonchev–Trinajstić information content (AvgIpc) is 3.94. The molecule has 0 unspecified atom stereocenters. The second kappa shape index (κ2) is 27400000. The molecule has 0 atom stereocenters. The van der Waals surface area contributed by atoms with E-state index < -0.39 is 0 Å². The van der Waals surface area contributed by atoms with Gasteiger partial charge in [-0.3, -0.25) is 0 Å². The van der Waals surface area contributed by atoms with Crippen LogP contribution in [0.4, 0.5) is 0 Å². The minimum absolute atomic E-state index is 0. The Bertz CT molecular complexity index is 19.4. The van der Waals surface area contributed by atoms with Crippen molar-refractivity contribution in [1.29, 1.82) is 0 Å². The standard InChI is InChI=1S/C3H8.49C2H6.5C2H4.27CH4/c1-3-2;54*1-2;;;;;;;;;;;;;;;;;;;;;;;;;;;/h3H2,1-2H3;49*1-2H3;5*1-2H2;27*1H4. The van der Waals surface area contributed by atoms with Crippen molar-refractivity contribution in [1.82, 2.24) is 0 Å². The molecular weight excluding hydrogens is 1660 g/mol. The van der Waals surface area contributed by atoms with Crippen LogP contribution in [0.1, 0.15) is 899 Å². The van der Waals surface area contributed by atoms with E-state index in [2.05, 4.69) is 79.6 Å². The van der Waals surface area contributed by atoms with Crippen molar-refractivity contribution in [3.8, 4) is 0 Å². The van der Waals surface area contributed by atoms with E-state index in [1.54, 1.807) is 0 Å². The van der Waals surface area contributed by atoms with Crippen LogP contribution in [0.5, 0.6) is 0 Å². The van der Waals surface area contributed by atoms with Crippen LogP contribution >= 0.6 is 0 Å². The van der Waals surface area contributed by atoms with Gasteiger partial charge in [0.05, 0.1) is 0 Å². The Kier molecular flexibility index (Phi) is 167000000. The molecule has 0 spiro atoms. The van der Waals surface area contributed by atoms with Crippen LogP contribution < -0.4 is 0 Å². The topological polar surface area (TPSA) is 0 Å². The molecule has 0 radical (unpaired) electrons. The minimum Gasteiger partial charge on any atom is -0.106 e. The van der Waals surface area contributed by atoms with Crippen LogP contribution in [-0.4, -0.2) is 0 Å². The predicted molar refractivity (Wildman–Crippen MR) is 810 cm³/mol. The van der Waals surface area contributed by atoms with Crippen molar-refractivity contribution >= 4 is 0 Å². The zero-order chi connectivity index (χ0) is 111. The SMILES string of the molecule is C.C.C.C.C.C.C.C.C.C.C.C.C.C.C.C.C.C.C.C.C.C.C.C.C.C.C.C=C.C=C.C=C.C=C.C=C.CC.CC.CC.CC.CC.CC.CC.CC.CC.CC.CC.CC.CC.CC.CC.CC.CC.CC.CC.CC.CC.CC.CC.CC.CC.CC.CC.CC.CC.CC.CC.CC.CC.CC.CC.CC.CC.CC.CC.CC.CC.CC.CC.CC.CC.CC.CC.CC.CC.CCC. The van der Waals surface area contributed by atoms with Crippen molar-refractivity contribution in [3.05, 3.63) is 65.8 Å². The maximum atomic E-state index is 3.00. The highest BCUT2D eigenvalue weighted by Crippen LogP contribution is 1.56. The van der Waals surface area contributed by atoms with Gasteiger partial charge in [0.1, 0.15) is 0 Å². The van der Waals surface area contributed by atoms with Gasteiger partial charge in [-0.1, -0.05) is 899 Å². The molecule has 0 rings (SSSR count). The Hall–Kier alpha value is -1.30. The van der Waals surface area contributed by atoms with Crippen molar-refractivity contribution in [3.63, 3.8) is 0 Å². The summed E-state index contributed by atoms with van der Waals surface area (Å²) in [5.74, 6) is 0. The molecule has 0 saturated carbocycles. The van der Waals surface area contributed by atoms with E-state index in [-0.39, 0.29) is 201 Å². The Morgan fingerprint density at radius 1 is 0.0580 bits per heavy atom. The first-order valence-electron chi connectivity index (χ1n) is 52.9. The third kappa shape index (κ3) is 1420000. The molecule has 0 bridgehead atoms. The number of hydrogen-bond donors (Lipinski definition) is 0. The van der Waals surface area contributed by atoms with Gasteiger partial charge in [-0.25, -0.2) is 0 Å². The molecule has 0 amide bonds. The molecule has 0 heteroatoms. The summed E-state index contributed by atoms with van der Waals surface area (Å²) in [7, 11) is 0. The summed E-state index contributed by atoms with van der Waals surface area (Å²) in [6.07, 6.45) is 1.25. The molecule has 0 aromatic carbocycles. The van der Waals surface area contributed by atoms with Gasteiger partial charge in [0, 0.05) is 0 Å². The highest BCUT2D eigenvalue weighted by atomic mass is 13.4. The summed E-state index contributed by atoms with van der Waals surface area (Å²) in [6.45, 7) is 230. The lowest BCUT2D eigenvalue weighted by molar-refractivity contribution is 1.09. The molecule has 0 fully saturated rings. The van der Waals surface area contributed by atoms with E-state index in [1.807, 2.05) is 679 Å². The van der Waals surface area contributed by atoms with Crippen LogP contribution in [0, 0.1) is 0 Å². The molecular formula is C138H430. The van der Waals surface area contributed by atoms with Gasteiger partial charge in [-0.2, -0.15) is 0 Å². The van der Waals surface area contributed by atoms with Crippen LogP contribution in [0.3, 0.4) is 0 Å². The van der Waals surface area contributed by atoms with Crippen molar-refractivity contribution in [2.24, 2.45) is 0 Å². The van der Waals surface area contributed by atoms with E-state index in [4.69, 9.17) is 0 Å². The van der Waals surface area contributed by atoms with E-state index >= 15 is 0 Å². The van der Waals surface area contributed by atoms with E-state index in [1.165, 1.54) is 6.42 Å². The van der Waals surface area contributed by atoms with Gasteiger partial charge < -0.3 is 0 Å². The molecule has 0 aromatic rings. The van der Waals surface area contributed by atoms with Crippen LogP contribution in [0.15, 0.2) is 65.8 Å². The van der Waals surface area contributed by atoms with Gasteiger partial charge in [-0.15, -0.1) is 65.8 Å². The normalized spacial score (nSPS) is 2.41. The predicted octanol–water partition coefficient (Wildman–Crippen LogP) is 72.9. The quantitative estimate of drug-likeness (QED) is 0.212. The number of hydrogen-bond acceptors (Lipinski definition) is 0. The van der Waals surface area contributed by atoms with Gasteiger partial charge >= 0.3 is 0 Å². The fraction of sp³-hybridized carbons (Fsp3) is 0.928.